The Kier molecular flexibility index (Phi) is 6.82. The van der Waals surface area contributed by atoms with Gasteiger partial charge in [0.05, 0.1) is 20.3 Å². The Hall–Kier alpha value is -2.08. The van der Waals surface area contributed by atoms with Crippen molar-refractivity contribution < 1.29 is 23.5 Å². The molecule has 2 aromatic rings. The van der Waals surface area contributed by atoms with Gasteiger partial charge in [-0.2, -0.15) is 9.97 Å². The van der Waals surface area contributed by atoms with Crippen molar-refractivity contribution in [2.75, 3.05) is 27.4 Å². The van der Waals surface area contributed by atoms with Crippen LogP contribution < -0.4 is 9.47 Å². The lowest BCUT2D eigenvalue weighted by molar-refractivity contribution is -0.176. The van der Waals surface area contributed by atoms with Gasteiger partial charge in [0.2, 0.25) is 20.2 Å². The van der Waals surface area contributed by atoms with Crippen molar-refractivity contribution in [3.63, 3.8) is 0 Å². The minimum Gasteiger partial charge on any atom is -0.481 e. The molecular formula is C17H21N2O5P. The molecule has 8 heteroatoms. The van der Waals surface area contributed by atoms with Gasteiger partial charge in [-0.3, -0.25) is 4.57 Å². The lowest BCUT2D eigenvalue weighted by atomic mass is 10.1. The maximum absolute atomic E-state index is 11.7. The average Bonchev–Trinajstić information content (AvgIpc) is 2.67. The Balaban J connectivity index is 2.40. The molecule has 1 aromatic heterocycles. The van der Waals surface area contributed by atoms with E-state index in [2.05, 4.69) is 9.97 Å². The normalized spacial score (nSPS) is 11.5. The van der Waals surface area contributed by atoms with Crippen molar-refractivity contribution in [2.45, 2.75) is 19.4 Å². The summed E-state index contributed by atoms with van der Waals surface area (Å²) < 4.78 is 33.3. The third-order valence-corrected chi connectivity index (χ3v) is 4.16. The molecule has 0 aliphatic carbocycles. The van der Waals surface area contributed by atoms with E-state index in [9.17, 15) is 4.57 Å². The molecule has 0 aliphatic heterocycles. The summed E-state index contributed by atoms with van der Waals surface area (Å²) in [6.45, 7) is 4.38. The van der Waals surface area contributed by atoms with E-state index in [1.807, 2.05) is 26.0 Å². The monoisotopic (exact) mass is 364 g/mol. The zero-order valence-electron chi connectivity index (χ0n) is 14.7. The van der Waals surface area contributed by atoms with Crippen LogP contribution in [0.5, 0.6) is 11.8 Å². The number of aromatic nitrogens is 2. The molecule has 0 fully saturated rings. The van der Waals surface area contributed by atoms with Gasteiger partial charge in [0.15, 0.2) is 5.82 Å². The molecule has 0 saturated heterocycles. The van der Waals surface area contributed by atoms with Crippen molar-refractivity contribution in [1.29, 1.82) is 0 Å². The Morgan fingerprint density at radius 2 is 1.48 bits per heavy atom. The molecule has 134 valence electrons. The summed E-state index contributed by atoms with van der Waals surface area (Å²) in [5, 5.41) is 0. The van der Waals surface area contributed by atoms with Crippen molar-refractivity contribution >= 4 is 8.46 Å². The fraction of sp³-hybridized carbons (Fsp3) is 0.412. The van der Waals surface area contributed by atoms with E-state index in [-0.39, 0.29) is 8.46 Å². The Morgan fingerprint density at radius 3 is 1.88 bits per heavy atom. The zero-order valence-corrected chi connectivity index (χ0v) is 15.6. The molecule has 0 saturated carbocycles. The van der Waals surface area contributed by atoms with Gasteiger partial charge in [-0.25, -0.2) is 0 Å². The largest absolute Gasteiger partial charge is 0.481 e. The third kappa shape index (κ3) is 4.31. The average molecular weight is 364 g/mol. The number of nitrogens with zero attached hydrogens (tertiary/aromatic N) is 2. The molecule has 0 spiro atoms. The lowest BCUT2D eigenvalue weighted by Crippen LogP contribution is -2.27. The molecule has 2 rings (SSSR count). The highest BCUT2D eigenvalue weighted by molar-refractivity contribution is 7.24. The van der Waals surface area contributed by atoms with E-state index >= 15 is 0 Å². The molecule has 0 atom stereocenters. The van der Waals surface area contributed by atoms with Crippen LogP contribution in [0.4, 0.5) is 0 Å². The van der Waals surface area contributed by atoms with Gasteiger partial charge < -0.3 is 18.9 Å². The van der Waals surface area contributed by atoms with Gasteiger partial charge in [0.25, 0.3) is 5.53 Å². The number of rotatable bonds is 9. The Labute approximate surface area is 148 Å². The molecule has 0 radical (unpaired) electrons. The molecule has 0 N–H and O–H groups in total. The molecule has 0 amide bonds. The van der Waals surface area contributed by atoms with Gasteiger partial charge in [-0.05, 0) is 13.8 Å². The first-order chi connectivity index (χ1) is 12.1. The van der Waals surface area contributed by atoms with Crippen LogP contribution >= 0.6 is 8.46 Å². The highest BCUT2D eigenvalue weighted by Gasteiger charge is 2.35. The predicted octanol–water partition coefficient (Wildman–Crippen LogP) is 3.64. The van der Waals surface area contributed by atoms with Crippen molar-refractivity contribution in [3.05, 3.63) is 35.9 Å². The van der Waals surface area contributed by atoms with Crippen molar-refractivity contribution in [2.24, 2.45) is 0 Å². The number of methoxy groups -OCH3 is 2. The standard InChI is InChI=1S/C17H21N2O5P/c1-5-23-17(25-20,24-6-2)13-9-7-12(8-10-13)16-18-14(21-3)11-15(19-16)22-4/h7-11H,5-6H2,1-4H3. The van der Waals surface area contributed by atoms with E-state index in [0.717, 1.165) is 5.56 Å². The minimum atomic E-state index is -1.31. The van der Waals surface area contributed by atoms with Crippen LogP contribution in [0, 0.1) is 0 Å². The maximum atomic E-state index is 11.7. The van der Waals surface area contributed by atoms with Crippen molar-refractivity contribution in [1.82, 2.24) is 9.97 Å². The summed E-state index contributed by atoms with van der Waals surface area (Å²) in [6.07, 6.45) is 0. The van der Waals surface area contributed by atoms with E-state index in [1.165, 1.54) is 14.2 Å². The molecule has 7 nitrogen and oxygen atoms in total. The Morgan fingerprint density at radius 1 is 0.960 bits per heavy atom. The molecule has 0 aliphatic rings. The van der Waals surface area contributed by atoms with Crippen LogP contribution in [0.3, 0.4) is 0 Å². The van der Waals surface area contributed by atoms with Gasteiger partial charge in [-0.15, -0.1) is 0 Å². The summed E-state index contributed by atoms with van der Waals surface area (Å²) >= 11 is 0. The lowest BCUT2D eigenvalue weighted by Gasteiger charge is -2.26. The fourth-order valence-electron chi connectivity index (χ4n) is 2.28. The summed E-state index contributed by atoms with van der Waals surface area (Å²) in [5.41, 5.74) is 0.0893. The molecule has 25 heavy (non-hydrogen) atoms. The molecular weight excluding hydrogens is 343 g/mol. The van der Waals surface area contributed by atoms with Crippen LogP contribution in [0.25, 0.3) is 11.4 Å². The first-order valence-corrected chi connectivity index (χ1v) is 8.64. The van der Waals surface area contributed by atoms with E-state index < -0.39 is 5.53 Å². The smallest absolute Gasteiger partial charge is 0.278 e. The Bertz CT molecular complexity index is 680. The van der Waals surface area contributed by atoms with E-state index in [0.29, 0.717) is 36.4 Å². The van der Waals surface area contributed by atoms with Gasteiger partial charge >= 0.3 is 0 Å². The van der Waals surface area contributed by atoms with Crippen molar-refractivity contribution in [3.8, 4) is 23.1 Å². The second-order valence-corrected chi connectivity index (χ2v) is 5.66. The summed E-state index contributed by atoms with van der Waals surface area (Å²) in [5.74, 6) is 1.27. The molecule has 0 unspecified atom stereocenters. The summed E-state index contributed by atoms with van der Waals surface area (Å²) in [7, 11) is 2.79. The molecule has 1 heterocycles. The molecule has 1 aromatic carbocycles. The van der Waals surface area contributed by atoms with Crippen LogP contribution in [-0.2, 0) is 19.6 Å². The van der Waals surface area contributed by atoms with E-state index in [4.69, 9.17) is 18.9 Å². The topological polar surface area (TPSA) is 79.8 Å². The second-order valence-electron chi connectivity index (χ2n) is 4.89. The van der Waals surface area contributed by atoms with Crippen LogP contribution in [0.2, 0.25) is 0 Å². The molecule has 0 bridgehead atoms. The minimum absolute atomic E-state index is 0.264. The predicted molar refractivity (Wildman–Crippen MR) is 93.1 cm³/mol. The van der Waals surface area contributed by atoms with Gasteiger partial charge in [0.1, 0.15) is 0 Å². The quantitative estimate of drug-likeness (QED) is 0.496. The number of hydrogen-bond donors (Lipinski definition) is 0. The highest BCUT2D eigenvalue weighted by atomic mass is 31.1. The fourth-order valence-corrected chi connectivity index (χ4v) is 2.90. The van der Waals surface area contributed by atoms with Crippen LogP contribution in [-0.4, -0.2) is 37.4 Å². The number of ether oxygens (including phenoxy) is 4. The van der Waals surface area contributed by atoms with Gasteiger partial charge in [0, 0.05) is 24.3 Å². The van der Waals surface area contributed by atoms with Gasteiger partial charge in [-0.1, -0.05) is 24.3 Å². The van der Waals surface area contributed by atoms with E-state index in [1.54, 1.807) is 18.2 Å². The SMILES string of the molecule is CCOC(OCC)(P=O)c1ccc(-c2nc(OC)cc(OC)n2)cc1. The first-order valence-electron chi connectivity index (χ1n) is 7.82. The third-order valence-electron chi connectivity index (χ3n) is 3.41. The van der Waals surface area contributed by atoms with Crippen LogP contribution in [0.1, 0.15) is 19.4 Å². The number of benzene rings is 1. The summed E-state index contributed by atoms with van der Waals surface area (Å²) in [6, 6.07) is 8.77. The first kappa shape index (κ1) is 19.2. The second kappa shape index (κ2) is 8.85. The van der Waals surface area contributed by atoms with Crippen LogP contribution in [0.15, 0.2) is 30.3 Å². The number of hydrogen-bond acceptors (Lipinski definition) is 7. The maximum Gasteiger partial charge on any atom is 0.278 e. The summed E-state index contributed by atoms with van der Waals surface area (Å²) in [4.78, 5) is 8.63. The zero-order chi connectivity index (χ0) is 18.3. The highest BCUT2D eigenvalue weighted by Crippen LogP contribution is 2.38.